The molecule has 34 heavy (non-hydrogen) atoms. The van der Waals surface area contributed by atoms with Crippen molar-refractivity contribution in [2.75, 3.05) is 11.9 Å². The average molecular weight is 470 g/mol. The van der Waals surface area contributed by atoms with Gasteiger partial charge >= 0.3 is 6.09 Å². The molecule has 0 aromatic heterocycles. The van der Waals surface area contributed by atoms with Crippen molar-refractivity contribution in [2.45, 2.75) is 66.2 Å². The van der Waals surface area contributed by atoms with Crippen molar-refractivity contribution in [2.24, 2.45) is 0 Å². The average Bonchev–Trinajstić information content (AvgIpc) is 2.71. The fraction of sp³-hybridized carbons (Fsp3) is 0.423. The number of hydrogen-bond acceptors (Lipinski definition) is 5. The van der Waals surface area contributed by atoms with Crippen LogP contribution in [-0.2, 0) is 14.3 Å². The Kier molecular flexibility index (Phi) is 8.68. The molecule has 0 fully saturated rings. The second-order valence-corrected chi connectivity index (χ2v) is 9.50. The summed E-state index contributed by atoms with van der Waals surface area (Å²) < 4.78 is 5.21. The zero-order valence-electron chi connectivity index (χ0n) is 20.9. The fourth-order valence-corrected chi connectivity index (χ4v) is 3.62. The van der Waals surface area contributed by atoms with Crippen molar-refractivity contribution in [1.29, 1.82) is 0 Å². The Morgan fingerprint density at radius 2 is 1.62 bits per heavy atom. The molecule has 0 spiro atoms. The van der Waals surface area contributed by atoms with Gasteiger partial charge in [0.1, 0.15) is 23.9 Å². The van der Waals surface area contributed by atoms with Gasteiger partial charge in [-0.1, -0.05) is 30.3 Å². The van der Waals surface area contributed by atoms with Gasteiger partial charge in [-0.25, -0.2) is 4.79 Å². The predicted molar refractivity (Wildman–Crippen MR) is 132 cm³/mol. The SMILES string of the molecule is Cc1cccc(C)c1NC(=O)C(c1cccc(O)c1)N(C(=O)CNC(=O)OC(C)(C)C)C(C)C. The zero-order chi connectivity index (χ0) is 25.6. The third-order valence-electron chi connectivity index (χ3n) is 5.07. The van der Waals surface area contributed by atoms with E-state index in [0.717, 1.165) is 11.1 Å². The number of rotatable bonds is 7. The number of alkyl carbamates (subject to hydrolysis) is 1. The molecule has 0 radical (unpaired) electrons. The van der Waals surface area contributed by atoms with E-state index in [4.69, 9.17) is 4.74 Å². The van der Waals surface area contributed by atoms with E-state index in [9.17, 15) is 19.5 Å². The zero-order valence-corrected chi connectivity index (χ0v) is 20.9. The molecule has 0 heterocycles. The highest BCUT2D eigenvalue weighted by molar-refractivity contribution is 5.99. The Bertz CT molecular complexity index is 1020. The molecule has 184 valence electrons. The summed E-state index contributed by atoms with van der Waals surface area (Å²) in [6.45, 7) is 12.2. The van der Waals surface area contributed by atoms with E-state index >= 15 is 0 Å². The van der Waals surface area contributed by atoms with E-state index in [2.05, 4.69) is 10.6 Å². The van der Waals surface area contributed by atoms with Gasteiger partial charge in [-0.05, 0) is 77.3 Å². The number of nitrogens with zero attached hydrogens (tertiary/aromatic N) is 1. The van der Waals surface area contributed by atoms with Gasteiger partial charge in [-0.2, -0.15) is 0 Å². The van der Waals surface area contributed by atoms with Gasteiger partial charge in [0.25, 0.3) is 5.91 Å². The molecule has 0 bridgehead atoms. The summed E-state index contributed by atoms with van der Waals surface area (Å²) in [6, 6.07) is 10.5. The molecule has 8 heteroatoms. The summed E-state index contributed by atoms with van der Waals surface area (Å²) in [7, 11) is 0. The van der Waals surface area contributed by atoms with Crippen LogP contribution in [0.1, 0.15) is 57.4 Å². The summed E-state index contributed by atoms with van der Waals surface area (Å²) >= 11 is 0. The van der Waals surface area contributed by atoms with Gasteiger partial charge in [0.2, 0.25) is 5.91 Å². The largest absolute Gasteiger partial charge is 0.508 e. The standard InChI is InChI=1S/C26H35N3O5/c1-16(2)29(21(31)15-27-25(33)34-26(5,6)7)23(19-12-9-13-20(30)14-19)24(32)28-22-17(3)10-8-11-18(22)4/h8-14,16,23,30H,15H2,1-7H3,(H,27,33)(H,28,32). The number of amides is 3. The highest BCUT2D eigenvalue weighted by atomic mass is 16.6. The lowest BCUT2D eigenvalue weighted by Gasteiger charge is -2.35. The van der Waals surface area contributed by atoms with Gasteiger partial charge in [0, 0.05) is 11.7 Å². The predicted octanol–water partition coefficient (Wildman–Crippen LogP) is 4.45. The summed E-state index contributed by atoms with van der Waals surface area (Å²) in [5, 5.41) is 15.5. The Morgan fingerprint density at radius 3 is 2.15 bits per heavy atom. The first-order valence-electron chi connectivity index (χ1n) is 11.2. The van der Waals surface area contributed by atoms with Crippen LogP contribution in [0.25, 0.3) is 0 Å². The first-order chi connectivity index (χ1) is 15.8. The summed E-state index contributed by atoms with van der Waals surface area (Å²) in [6.07, 6.45) is -0.724. The Morgan fingerprint density at radius 1 is 1.03 bits per heavy atom. The number of anilines is 1. The number of phenolic OH excluding ortho intramolecular Hbond substituents is 1. The molecule has 1 atom stereocenters. The third-order valence-corrected chi connectivity index (χ3v) is 5.07. The van der Waals surface area contributed by atoms with Crippen LogP contribution in [0.3, 0.4) is 0 Å². The van der Waals surface area contributed by atoms with Crippen LogP contribution in [0.15, 0.2) is 42.5 Å². The maximum Gasteiger partial charge on any atom is 0.408 e. The van der Waals surface area contributed by atoms with Gasteiger partial charge in [0.15, 0.2) is 0 Å². The quantitative estimate of drug-likeness (QED) is 0.555. The lowest BCUT2D eigenvalue weighted by molar-refractivity contribution is -0.140. The summed E-state index contributed by atoms with van der Waals surface area (Å²) in [4.78, 5) is 40.3. The number of nitrogens with one attached hydrogen (secondary N) is 2. The molecular weight excluding hydrogens is 434 g/mol. The molecule has 1 unspecified atom stereocenters. The Hall–Kier alpha value is -3.55. The van der Waals surface area contributed by atoms with E-state index in [-0.39, 0.29) is 18.3 Å². The van der Waals surface area contributed by atoms with E-state index in [0.29, 0.717) is 11.3 Å². The molecule has 0 saturated heterocycles. The minimum atomic E-state index is -1.04. The van der Waals surface area contributed by atoms with E-state index in [1.807, 2.05) is 32.0 Å². The molecule has 2 rings (SSSR count). The van der Waals surface area contributed by atoms with Crippen molar-refractivity contribution >= 4 is 23.6 Å². The molecule has 2 aromatic rings. The second kappa shape index (κ2) is 11.0. The third kappa shape index (κ3) is 7.23. The molecule has 0 aliphatic carbocycles. The molecule has 2 aromatic carbocycles. The van der Waals surface area contributed by atoms with E-state index in [1.54, 1.807) is 46.8 Å². The fourth-order valence-electron chi connectivity index (χ4n) is 3.62. The van der Waals surface area contributed by atoms with E-state index < -0.39 is 29.6 Å². The summed E-state index contributed by atoms with van der Waals surface area (Å²) in [5.74, 6) is -0.918. The van der Waals surface area contributed by atoms with Gasteiger partial charge in [-0.3, -0.25) is 9.59 Å². The highest BCUT2D eigenvalue weighted by Crippen LogP contribution is 2.29. The number of carbonyl (C=O) groups excluding carboxylic acids is 3. The Balaban J connectivity index is 2.39. The van der Waals surface area contributed by atoms with Crippen molar-refractivity contribution in [1.82, 2.24) is 10.2 Å². The van der Waals surface area contributed by atoms with Gasteiger partial charge in [-0.15, -0.1) is 0 Å². The molecule has 0 saturated carbocycles. The van der Waals surface area contributed by atoms with Crippen molar-refractivity contribution in [3.8, 4) is 5.75 Å². The number of hydrogen-bond donors (Lipinski definition) is 3. The molecule has 0 aliphatic heterocycles. The number of ether oxygens (including phenoxy) is 1. The molecule has 8 nitrogen and oxygen atoms in total. The van der Waals surface area contributed by atoms with Crippen LogP contribution in [0.5, 0.6) is 5.75 Å². The summed E-state index contributed by atoms with van der Waals surface area (Å²) in [5.41, 5.74) is 2.18. The number of aromatic hydroxyl groups is 1. The smallest absolute Gasteiger partial charge is 0.408 e. The van der Waals surface area contributed by atoms with Crippen LogP contribution in [-0.4, -0.2) is 46.1 Å². The van der Waals surface area contributed by atoms with Crippen LogP contribution >= 0.6 is 0 Å². The number of phenols is 1. The number of para-hydroxylation sites is 1. The van der Waals surface area contributed by atoms with Gasteiger partial charge in [0.05, 0.1) is 0 Å². The topological polar surface area (TPSA) is 108 Å². The highest BCUT2D eigenvalue weighted by Gasteiger charge is 2.34. The molecule has 3 amide bonds. The second-order valence-electron chi connectivity index (χ2n) is 9.50. The van der Waals surface area contributed by atoms with Crippen molar-refractivity contribution in [3.05, 3.63) is 59.2 Å². The maximum absolute atomic E-state index is 13.6. The molecule has 3 N–H and O–H groups in total. The minimum Gasteiger partial charge on any atom is -0.508 e. The molecule has 0 aliphatic rings. The first kappa shape index (κ1) is 26.7. The van der Waals surface area contributed by atoms with Crippen LogP contribution in [0.2, 0.25) is 0 Å². The van der Waals surface area contributed by atoms with Crippen LogP contribution in [0, 0.1) is 13.8 Å². The lowest BCUT2D eigenvalue weighted by Crippen LogP contribution is -2.49. The molecular formula is C26H35N3O5. The van der Waals surface area contributed by atoms with Crippen LogP contribution in [0.4, 0.5) is 10.5 Å². The Labute approximate surface area is 201 Å². The lowest BCUT2D eigenvalue weighted by atomic mass is 10.0. The van der Waals surface area contributed by atoms with Crippen LogP contribution < -0.4 is 10.6 Å². The van der Waals surface area contributed by atoms with Crippen molar-refractivity contribution < 1.29 is 24.2 Å². The van der Waals surface area contributed by atoms with Crippen molar-refractivity contribution in [3.63, 3.8) is 0 Å². The van der Waals surface area contributed by atoms with Gasteiger partial charge < -0.3 is 25.4 Å². The normalized spacial score (nSPS) is 12.1. The monoisotopic (exact) mass is 469 g/mol. The maximum atomic E-state index is 13.6. The number of aryl methyl sites for hydroxylation is 2. The number of benzene rings is 2. The number of carbonyl (C=O) groups is 3. The van der Waals surface area contributed by atoms with E-state index in [1.165, 1.54) is 17.0 Å². The minimum absolute atomic E-state index is 0.0228. The first-order valence-corrected chi connectivity index (χ1v) is 11.2.